The van der Waals surface area contributed by atoms with Gasteiger partial charge in [0.1, 0.15) is 0 Å². The zero-order chi connectivity index (χ0) is 23.1. The molecule has 5 N–H and O–H groups in total. The van der Waals surface area contributed by atoms with Crippen LogP contribution in [0, 0.1) is 5.92 Å². The first kappa shape index (κ1) is 25.2. The van der Waals surface area contributed by atoms with Crippen molar-refractivity contribution in [3.8, 4) is 0 Å². The number of nitrogens with one attached hydrogen (secondary N) is 1. The summed E-state index contributed by atoms with van der Waals surface area (Å²) in [6, 6.07) is 0.949. The molecule has 1 saturated heterocycles. The van der Waals surface area contributed by atoms with Crippen molar-refractivity contribution in [2.24, 2.45) is 5.92 Å². The summed E-state index contributed by atoms with van der Waals surface area (Å²) in [6.07, 6.45) is -1.86. The minimum Gasteiger partial charge on any atom is -0.348 e. The van der Waals surface area contributed by atoms with Crippen LogP contribution >= 0.6 is 23.5 Å². The average molecular weight is 498 g/mol. The summed E-state index contributed by atoms with van der Waals surface area (Å²) in [5.41, 5.74) is -3.93. The van der Waals surface area contributed by atoms with Gasteiger partial charge in [0.15, 0.2) is 11.9 Å². The first-order chi connectivity index (χ1) is 13.4. The van der Waals surface area contributed by atoms with E-state index in [1.807, 2.05) is 4.98 Å². The molecule has 0 bridgehead atoms. The summed E-state index contributed by atoms with van der Waals surface area (Å²) in [7, 11) is -16.7. The first-order valence-corrected chi connectivity index (χ1v) is 12.4. The Morgan fingerprint density at radius 2 is 1.80 bits per heavy atom. The third-order valence-corrected chi connectivity index (χ3v) is 7.96. The molecule has 0 amide bonds. The second-order valence-corrected chi connectivity index (χ2v) is 10.8. The molecule has 0 spiro atoms. The maximum atomic E-state index is 15.2. The van der Waals surface area contributed by atoms with Gasteiger partial charge in [0, 0.05) is 18.2 Å². The van der Waals surface area contributed by atoms with Crippen molar-refractivity contribution in [1.82, 2.24) is 9.55 Å². The van der Waals surface area contributed by atoms with Crippen LogP contribution in [-0.4, -0.2) is 47.5 Å². The van der Waals surface area contributed by atoms with E-state index in [9.17, 15) is 28.2 Å². The molecule has 6 atom stereocenters. The van der Waals surface area contributed by atoms with E-state index in [0.717, 1.165) is 23.8 Å². The second kappa shape index (κ2) is 8.49. The van der Waals surface area contributed by atoms with E-state index in [4.69, 9.17) is 19.4 Å². The van der Waals surface area contributed by atoms with Gasteiger partial charge in [-0.15, -0.1) is 0 Å². The molecule has 1 aromatic rings. The van der Waals surface area contributed by atoms with E-state index in [1.54, 1.807) is 0 Å². The molecule has 1 aliphatic heterocycles. The fourth-order valence-electron chi connectivity index (χ4n) is 2.61. The largest absolute Gasteiger partial charge is 0.490 e. The van der Waals surface area contributed by atoms with Crippen molar-refractivity contribution in [1.29, 1.82) is 0 Å². The number of halogens is 1. The third kappa shape index (κ3) is 6.25. The molecule has 0 aromatic carbocycles. The molecular weight excluding hydrogens is 480 g/mol. The van der Waals surface area contributed by atoms with Gasteiger partial charge in [-0.05, 0) is 6.92 Å². The first-order valence-electron chi connectivity index (χ1n) is 7.88. The Morgan fingerprint density at radius 1 is 1.20 bits per heavy atom. The number of aromatic nitrogens is 2. The van der Waals surface area contributed by atoms with Crippen molar-refractivity contribution in [3.63, 3.8) is 0 Å². The normalized spacial score (nSPS) is 31.2. The van der Waals surface area contributed by atoms with Crippen molar-refractivity contribution in [2.75, 3.05) is 6.61 Å². The smallest absolute Gasteiger partial charge is 0.348 e. The van der Waals surface area contributed by atoms with Crippen LogP contribution in [0.5, 0.6) is 0 Å². The topological polar surface area (TPSA) is 224 Å². The zero-order valence-corrected chi connectivity index (χ0v) is 17.9. The van der Waals surface area contributed by atoms with Crippen LogP contribution in [0.1, 0.15) is 20.1 Å². The maximum Gasteiger partial charge on any atom is 0.490 e. The van der Waals surface area contributed by atoms with Crippen LogP contribution in [0.15, 0.2) is 21.9 Å². The van der Waals surface area contributed by atoms with Crippen LogP contribution < -0.4 is 11.2 Å². The van der Waals surface area contributed by atoms with Crippen LogP contribution in [0.4, 0.5) is 4.39 Å². The molecule has 1 fully saturated rings. The monoisotopic (exact) mass is 498 g/mol. The minimum absolute atomic E-state index is 0.730. The number of H-pyrrole nitrogens is 1. The van der Waals surface area contributed by atoms with Crippen LogP contribution in [0.25, 0.3) is 0 Å². The summed E-state index contributed by atoms with van der Waals surface area (Å²) in [6.45, 7) is 1.51. The second-order valence-electron chi connectivity index (χ2n) is 6.37. The highest BCUT2D eigenvalue weighted by Crippen LogP contribution is 2.66. The molecule has 2 unspecified atom stereocenters. The number of hydrogen-bond donors (Lipinski definition) is 5. The lowest BCUT2D eigenvalue weighted by molar-refractivity contribution is -0.0604. The van der Waals surface area contributed by atoms with E-state index >= 15 is 4.39 Å². The van der Waals surface area contributed by atoms with Gasteiger partial charge in [-0.25, -0.2) is 22.9 Å². The van der Waals surface area contributed by atoms with Gasteiger partial charge in [-0.1, -0.05) is 6.92 Å². The van der Waals surface area contributed by atoms with E-state index in [2.05, 4.69) is 13.1 Å². The van der Waals surface area contributed by atoms with Crippen molar-refractivity contribution in [2.45, 2.75) is 31.8 Å². The van der Waals surface area contributed by atoms with Gasteiger partial charge >= 0.3 is 29.2 Å². The van der Waals surface area contributed by atoms with Crippen molar-refractivity contribution >= 4 is 23.5 Å². The van der Waals surface area contributed by atoms with Gasteiger partial charge in [0.2, 0.25) is 0 Å². The molecule has 30 heavy (non-hydrogen) atoms. The SMILES string of the molecule is C[C@@H]1[C@@H](COP(=O)(O)OP(=O)(O)OP(=O)(O)O)O[C@@H](n2ccc(=O)[nH]c2=O)[C@]1(C)F. The van der Waals surface area contributed by atoms with E-state index < -0.39 is 65.2 Å². The Bertz CT molecular complexity index is 1050. The highest BCUT2D eigenvalue weighted by atomic mass is 31.3. The number of hydrogen-bond acceptors (Lipinski definition) is 9. The Labute approximate surface area is 166 Å². The molecule has 19 heteroatoms. The molecule has 0 aliphatic carbocycles. The van der Waals surface area contributed by atoms with E-state index in [1.165, 1.54) is 6.92 Å². The molecule has 172 valence electrons. The molecule has 2 rings (SSSR count). The summed E-state index contributed by atoms with van der Waals surface area (Å²) in [4.78, 5) is 60.5. The number of phosphoric acid groups is 3. The number of nitrogens with zero attached hydrogens (tertiary/aromatic N) is 1. The lowest BCUT2D eigenvalue weighted by Gasteiger charge is -2.25. The summed E-state index contributed by atoms with van der Waals surface area (Å²) < 4.78 is 66.6. The van der Waals surface area contributed by atoms with E-state index in [0.29, 0.717) is 0 Å². The number of ether oxygens (including phenoxy) is 1. The minimum atomic E-state index is -5.70. The fourth-order valence-corrected chi connectivity index (χ4v) is 5.64. The number of rotatable bonds is 8. The van der Waals surface area contributed by atoms with Crippen LogP contribution in [0.3, 0.4) is 0 Å². The van der Waals surface area contributed by atoms with Gasteiger partial charge in [0.05, 0.1) is 12.7 Å². The molecule has 1 aromatic heterocycles. The maximum absolute atomic E-state index is 15.2. The standard InChI is InChI=1S/C11H18FN2O13P3/c1-6-7(5-24-29(20,21)27-30(22,23)26-28(17,18)19)25-9(11(6,2)12)14-4-3-8(15)13-10(14)16/h3-4,6-7,9H,5H2,1-2H3,(H,20,21)(H,22,23)(H,13,15,16)(H2,17,18,19)/t6-,7-,9-,11-/m1/s1. The third-order valence-electron chi connectivity index (χ3n) is 4.16. The molecule has 1 aliphatic rings. The summed E-state index contributed by atoms with van der Waals surface area (Å²) >= 11 is 0. The van der Waals surface area contributed by atoms with Gasteiger partial charge < -0.3 is 24.3 Å². The Kier molecular flexibility index (Phi) is 7.14. The Balaban J connectivity index is 2.13. The highest BCUT2D eigenvalue weighted by molar-refractivity contribution is 7.66. The predicted octanol–water partition coefficient (Wildman–Crippen LogP) is 0.142. The average Bonchev–Trinajstić information content (AvgIpc) is 2.73. The van der Waals surface area contributed by atoms with Crippen LogP contribution in [0.2, 0.25) is 0 Å². The highest BCUT2D eigenvalue weighted by Gasteiger charge is 2.54. The molecular formula is C11H18FN2O13P3. The van der Waals surface area contributed by atoms with Crippen LogP contribution in [-0.2, 0) is 31.6 Å². The lowest BCUT2D eigenvalue weighted by atomic mass is 9.90. The molecule has 0 radical (unpaired) electrons. The van der Waals surface area contributed by atoms with Gasteiger partial charge in [0.25, 0.3) is 5.56 Å². The molecule has 2 heterocycles. The number of aromatic amines is 1. The number of phosphoric ester groups is 1. The molecule has 0 saturated carbocycles. The van der Waals surface area contributed by atoms with Crippen molar-refractivity contribution < 1.29 is 55.5 Å². The van der Waals surface area contributed by atoms with Gasteiger partial charge in [-0.3, -0.25) is 18.9 Å². The fraction of sp³-hybridized carbons (Fsp3) is 0.636. The van der Waals surface area contributed by atoms with E-state index in [-0.39, 0.29) is 0 Å². The quantitative estimate of drug-likeness (QED) is 0.301. The van der Waals surface area contributed by atoms with Crippen molar-refractivity contribution in [3.05, 3.63) is 33.1 Å². The Hall–Kier alpha value is -1.02. The summed E-state index contributed by atoms with van der Waals surface area (Å²) in [5, 5.41) is 0. The predicted molar refractivity (Wildman–Crippen MR) is 93.7 cm³/mol. The Morgan fingerprint density at radius 3 is 2.33 bits per heavy atom. The molecule has 15 nitrogen and oxygen atoms in total. The zero-order valence-electron chi connectivity index (χ0n) is 15.2. The number of alkyl halides is 1. The summed E-state index contributed by atoms with van der Waals surface area (Å²) in [5.74, 6) is -1.06. The van der Waals surface area contributed by atoms with Gasteiger partial charge in [-0.2, -0.15) is 8.62 Å². The lowest BCUT2D eigenvalue weighted by Crippen LogP contribution is -2.40.